The van der Waals surface area contributed by atoms with E-state index in [0.29, 0.717) is 28.6 Å². The van der Waals surface area contributed by atoms with E-state index in [0.717, 1.165) is 16.8 Å². The van der Waals surface area contributed by atoms with Crippen molar-refractivity contribution >= 4 is 47.4 Å². The van der Waals surface area contributed by atoms with Gasteiger partial charge in [-0.2, -0.15) is 0 Å². The number of halogens is 1. The number of aromatic hydroxyl groups is 1. The number of nitrogens with one attached hydrogen (secondary N) is 1. The summed E-state index contributed by atoms with van der Waals surface area (Å²) in [5.74, 6) is 0.399. The molecular weight excluding hydrogens is 470 g/mol. The van der Waals surface area contributed by atoms with Gasteiger partial charge in [-0.25, -0.2) is 0 Å². The van der Waals surface area contributed by atoms with Crippen LogP contribution in [0.3, 0.4) is 0 Å². The van der Waals surface area contributed by atoms with Gasteiger partial charge in [0.1, 0.15) is 17.9 Å². The maximum atomic E-state index is 12.7. The fourth-order valence-electron chi connectivity index (χ4n) is 3.67. The number of hydrogen-bond donors (Lipinski definition) is 2. The van der Waals surface area contributed by atoms with Gasteiger partial charge in [0.05, 0.1) is 11.4 Å². The lowest BCUT2D eigenvalue weighted by Gasteiger charge is -2.12. The Hall–Kier alpha value is -3.94. The molecule has 0 saturated heterocycles. The molecule has 2 heterocycles. The molecular formula is C26H18ClN3O3S. The van der Waals surface area contributed by atoms with Gasteiger partial charge in [0.25, 0.3) is 5.56 Å². The third kappa shape index (κ3) is 4.31. The Labute approximate surface area is 205 Å². The average molecular weight is 488 g/mol. The first kappa shape index (κ1) is 21.9. The van der Waals surface area contributed by atoms with Crippen LogP contribution in [0.2, 0.25) is 5.02 Å². The van der Waals surface area contributed by atoms with E-state index in [4.69, 9.17) is 28.6 Å². The molecule has 0 amide bonds. The molecule has 0 saturated carbocycles. The third-order valence-electron chi connectivity index (χ3n) is 5.38. The Bertz CT molecular complexity index is 1560. The number of rotatable bonds is 5. The topological polar surface area (TPSA) is 79.6 Å². The molecule has 8 heteroatoms. The number of aliphatic imine (C=N–C) groups is 1. The standard InChI is InChI=1S/C26H18ClN3O3S/c27-18-6-8-19(9-7-18)30-25(32)22(24(31)29-26(30)34)12-17-14-28-23-11-10-20(13-21(17)23)33-15-16-4-2-1-3-5-16/h1-14,32H,15H2,(H,29,31,34). The van der Waals surface area contributed by atoms with Crippen molar-refractivity contribution in [2.75, 3.05) is 0 Å². The highest BCUT2D eigenvalue weighted by Gasteiger charge is 2.18. The zero-order valence-corrected chi connectivity index (χ0v) is 19.3. The van der Waals surface area contributed by atoms with Gasteiger partial charge in [-0.15, -0.1) is 0 Å². The van der Waals surface area contributed by atoms with E-state index in [9.17, 15) is 9.90 Å². The summed E-state index contributed by atoms with van der Waals surface area (Å²) >= 11 is 11.3. The third-order valence-corrected chi connectivity index (χ3v) is 5.91. The smallest absolute Gasteiger partial charge is 0.262 e. The summed E-state index contributed by atoms with van der Waals surface area (Å²) < 4.78 is 7.39. The molecule has 2 N–H and O–H groups in total. The molecule has 0 unspecified atom stereocenters. The van der Waals surface area contributed by atoms with Gasteiger partial charge in [0.2, 0.25) is 5.88 Å². The number of H-pyrrole nitrogens is 1. The summed E-state index contributed by atoms with van der Waals surface area (Å²) in [6, 6.07) is 22.2. The van der Waals surface area contributed by atoms with Crippen LogP contribution in [0, 0.1) is 4.77 Å². The molecule has 1 aromatic heterocycles. The van der Waals surface area contributed by atoms with Gasteiger partial charge < -0.3 is 9.84 Å². The monoisotopic (exact) mass is 487 g/mol. The number of ether oxygens (including phenoxy) is 1. The largest absolute Gasteiger partial charge is 0.494 e. The number of aromatic amines is 1. The summed E-state index contributed by atoms with van der Waals surface area (Å²) in [4.78, 5) is 19.7. The van der Waals surface area contributed by atoms with Gasteiger partial charge in [0.15, 0.2) is 4.77 Å². The Morgan fingerprint density at radius 3 is 2.62 bits per heavy atom. The number of hydrogen-bond acceptors (Lipinski definition) is 5. The van der Waals surface area contributed by atoms with Crippen molar-refractivity contribution in [3.8, 4) is 17.3 Å². The van der Waals surface area contributed by atoms with Crippen LogP contribution in [0.4, 0.5) is 5.69 Å². The van der Waals surface area contributed by atoms with Gasteiger partial charge >= 0.3 is 0 Å². The quantitative estimate of drug-likeness (QED) is 0.334. The molecule has 0 atom stereocenters. The Morgan fingerprint density at radius 2 is 1.85 bits per heavy atom. The van der Waals surface area contributed by atoms with Gasteiger partial charge in [-0.1, -0.05) is 41.9 Å². The van der Waals surface area contributed by atoms with Crippen LogP contribution in [0.25, 0.3) is 17.3 Å². The highest BCUT2D eigenvalue weighted by Crippen LogP contribution is 2.36. The lowest BCUT2D eigenvalue weighted by molar-refractivity contribution is 0.306. The van der Waals surface area contributed by atoms with Crippen LogP contribution in [-0.2, 0) is 6.61 Å². The predicted octanol–water partition coefficient (Wildman–Crippen LogP) is 6.09. The summed E-state index contributed by atoms with van der Waals surface area (Å²) in [6.45, 7) is 0.432. The number of allylic oxidation sites excluding steroid dienone is 1. The zero-order valence-electron chi connectivity index (χ0n) is 17.7. The minimum atomic E-state index is -0.501. The van der Waals surface area contributed by atoms with Crippen LogP contribution in [0.15, 0.2) is 82.6 Å². The second kappa shape index (κ2) is 9.13. The van der Waals surface area contributed by atoms with Crippen LogP contribution in [0.1, 0.15) is 16.7 Å². The van der Waals surface area contributed by atoms with Crippen molar-refractivity contribution in [2.45, 2.75) is 6.61 Å². The van der Waals surface area contributed by atoms with E-state index in [1.807, 2.05) is 48.5 Å². The van der Waals surface area contributed by atoms with E-state index < -0.39 is 5.56 Å². The molecule has 0 bridgehead atoms. The fraction of sp³-hybridized carbons (Fsp3) is 0.0385. The second-order valence-corrected chi connectivity index (χ2v) is 8.44. The molecule has 0 radical (unpaired) electrons. The molecule has 0 spiro atoms. The van der Waals surface area contributed by atoms with Crippen LogP contribution >= 0.6 is 23.8 Å². The molecule has 6 nitrogen and oxygen atoms in total. The van der Waals surface area contributed by atoms with Crippen LogP contribution < -0.4 is 10.3 Å². The highest BCUT2D eigenvalue weighted by molar-refractivity contribution is 7.71. The highest BCUT2D eigenvalue weighted by atomic mass is 35.5. The molecule has 5 rings (SSSR count). The first-order chi connectivity index (χ1) is 16.5. The first-order valence-electron chi connectivity index (χ1n) is 10.4. The van der Waals surface area contributed by atoms with E-state index >= 15 is 0 Å². The number of benzene rings is 3. The maximum absolute atomic E-state index is 12.7. The molecule has 34 heavy (non-hydrogen) atoms. The Morgan fingerprint density at radius 1 is 1.09 bits per heavy atom. The SMILES string of the molecule is O=c1[nH]c(=S)n(-c2ccc(Cl)cc2)c(O)c1C=C1C=Nc2ccc(OCc3ccccc3)cc21. The van der Waals surface area contributed by atoms with Gasteiger partial charge in [0, 0.05) is 22.4 Å². The Kier molecular flexibility index (Phi) is 5.88. The molecule has 1 aliphatic rings. The lowest BCUT2D eigenvalue weighted by atomic mass is 10.0. The van der Waals surface area contributed by atoms with E-state index in [-0.39, 0.29) is 16.2 Å². The molecule has 0 aliphatic carbocycles. The van der Waals surface area contributed by atoms with Crippen LogP contribution in [0.5, 0.6) is 11.6 Å². The van der Waals surface area contributed by atoms with E-state index in [2.05, 4.69) is 9.98 Å². The lowest BCUT2D eigenvalue weighted by Crippen LogP contribution is -2.16. The van der Waals surface area contributed by atoms with Crippen molar-refractivity contribution in [3.05, 3.63) is 110 Å². The van der Waals surface area contributed by atoms with Crippen molar-refractivity contribution < 1.29 is 9.84 Å². The fourth-order valence-corrected chi connectivity index (χ4v) is 4.08. The zero-order chi connectivity index (χ0) is 23.7. The van der Waals surface area contributed by atoms with Gasteiger partial charge in [-0.3, -0.25) is 19.3 Å². The maximum Gasteiger partial charge on any atom is 0.262 e. The van der Waals surface area contributed by atoms with Crippen molar-refractivity contribution in [2.24, 2.45) is 4.99 Å². The van der Waals surface area contributed by atoms with Crippen LogP contribution in [-0.4, -0.2) is 20.9 Å². The average Bonchev–Trinajstić information content (AvgIpc) is 3.24. The van der Waals surface area contributed by atoms with E-state index in [1.165, 1.54) is 4.57 Å². The molecule has 0 fully saturated rings. The van der Waals surface area contributed by atoms with Gasteiger partial charge in [-0.05, 0) is 66.3 Å². The minimum Gasteiger partial charge on any atom is -0.494 e. The molecule has 168 valence electrons. The van der Waals surface area contributed by atoms with Crippen molar-refractivity contribution in [1.29, 1.82) is 0 Å². The molecule has 4 aromatic rings. The first-order valence-corrected chi connectivity index (χ1v) is 11.2. The summed E-state index contributed by atoms with van der Waals surface area (Å²) in [5.41, 5.74) is 3.40. The predicted molar refractivity (Wildman–Crippen MR) is 137 cm³/mol. The number of nitrogens with zero attached hydrogens (tertiary/aromatic N) is 2. The normalized spacial score (nSPS) is 13.3. The van der Waals surface area contributed by atoms with E-state index in [1.54, 1.807) is 36.6 Å². The number of aromatic nitrogens is 2. The van der Waals surface area contributed by atoms with Crippen molar-refractivity contribution in [1.82, 2.24) is 9.55 Å². The summed E-state index contributed by atoms with van der Waals surface area (Å²) in [5, 5.41) is 11.5. The minimum absolute atomic E-state index is 0.0634. The Balaban J connectivity index is 1.51. The molecule has 1 aliphatic heterocycles. The summed E-state index contributed by atoms with van der Waals surface area (Å²) in [6.07, 6.45) is 3.24. The summed E-state index contributed by atoms with van der Waals surface area (Å²) in [7, 11) is 0. The second-order valence-electron chi connectivity index (χ2n) is 7.62. The molecule has 3 aromatic carbocycles. The van der Waals surface area contributed by atoms with Crippen molar-refractivity contribution in [3.63, 3.8) is 0 Å². The number of fused-ring (bicyclic) bond motifs is 1.